The van der Waals surface area contributed by atoms with Gasteiger partial charge in [-0.15, -0.1) is 0 Å². The molecule has 14 heavy (non-hydrogen) atoms. The molecule has 3 rings (SSSR count). The van der Waals surface area contributed by atoms with E-state index in [0.717, 1.165) is 0 Å². The van der Waals surface area contributed by atoms with Crippen LogP contribution in [0.2, 0.25) is 0 Å². The van der Waals surface area contributed by atoms with Crippen molar-refractivity contribution in [1.29, 1.82) is 0 Å². The van der Waals surface area contributed by atoms with Gasteiger partial charge in [-0.2, -0.15) is 0 Å². The van der Waals surface area contributed by atoms with Crippen LogP contribution in [0.5, 0.6) is 0 Å². The van der Waals surface area contributed by atoms with Crippen molar-refractivity contribution in [3.8, 4) is 0 Å². The van der Waals surface area contributed by atoms with Gasteiger partial charge >= 0.3 is 5.97 Å². The van der Waals surface area contributed by atoms with E-state index < -0.39 is 5.97 Å². The maximum atomic E-state index is 11.1. The summed E-state index contributed by atoms with van der Waals surface area (Å²) in [5.41, 5.74) is 0. The fraction of sp³-hybridized carbons (Fsp3) is 0.909. The van der Waals surface area contributed by atoms with Crippen molar-refractivity contribution in [3.05, 3.63) is 0 Å². The molecule has 0 aliphatic heterocycles. The van der Waals surface area contributed by atoms with Crippen LogP contribution in [-0.2, 0) is 4.79 Å². The minimum Gasteiger partial charge on any atom is -0.481 e. The second-order valence-corrected chi connectivity index (χ2v) is 5.24. The normalized spacial score (nSPS) is 54.9. The van der Waals surface area contributed by atoms with Gasteiger partial charge in [-0.1, -0.05) is 0 Å². The second kappa shape index (κ2) is 2.72. The highest BCUT2D eigenvalue weighted by Gasteiger charge is 2.58. The average molecular weight is 196 g/mol. The predicted molar refractivity (Wildman–Crippen MR) is 49.6 cm³/mol. The number of carboxylic acids is 1. The molecule has 6 atom stereocenters. The van der Waals surface area contributed by atoms with E-state index in [9.17, 15) is 9.90 Å². The number of rotatable bonds is 1. The van der Waals surface area contributed by atoms with Crippen LogP contribution >= 0.6 is 0 Å². The van der Waals surface area contributed by atoms with Crippen LogP contribution in [0.1, 0.15) is 25.7 Å². The number of fused-ring (bicyclic) bond motifs is 5. The number of aliphatic hydroxyl groups is 1. The summed E-state index contributed by atoms with van der Waals surface area (Å²) in [7, 11) is 0. The highest BCUT2D eigenvalue weighted by Crippen LogP contribution is 2.60. The summed E-state index contributed by atoms with van der Waals surface area (Å²) in [5.74, 6) is 0.887. The lowest BCUT2D eigenvalue weighted by Gasteiger charge is -2.27. The monoisotopic (exact) mass is 196 g/mol. The Morgan fingerprint density at radius 1 is 1.07 bits per heavy atom. The minimum atomic E-state index is -0.691. The lowest BCUT2D eigenvalue weighted by molar-refractivity contribution is -0.143. The third-order valence-corrected chi connectivity index (χ3v) is 4.77. The van der Waals surface area contributed by atoms with Gasteiger partial charge in [0.25, 0.3) is 0 Å². The molecule has 0 aromatic rings. The van der Waals surface area contributed by atoms with Crippen molar-refractivity contribution in [2.75, 3.05) is 0 Å². The summed E-state index contributed by atoms with van der Waals surface area (Å²) >= 11 is 0. The summed E-state index contributed by atoms with van der Waals surface area (Å²) in [4.78, 5) is 11.1. The molecule has 78 valence electrons. The molecular formula is C11H16O3. The van der Waals surface area contributed by atoms with Gasteiger partial charge in [0.1, 0.15) is 0 Å². The number of aliphatic hydroxyl groups excluding tert-OH is 1. The van der Waals surface area contributed by atoms with Crippen molar-refractivity contribution in [2.24, 2.45) is 29.6 Å². The van der Waals surface area contributed by atoms with Gasteiger partial charge in [0.05, 0.1) is 12.0 Å². The Kier molecular flexibility index (Phi) is 1.69. The topological polar surface area (TPSA) is 57.5 Å². The standard InChI is InChI=1S/C11H16O3/c12-8-4-7(11(13)14)9-5-1-2-6(3-5)10(8)9/h5-10,12H,1-4H2,(H,13,14). The second-order valence-electron chi connectivity index (χ2n) is 5.24. The predicted octanol–water partition coefficient (Wildman–Crippen LogP) is 1.11. The lowest BCUT2D eigenvalue weighted by atomic mass is 9.77. The van der Waals surface area contributed by atoms with Gasteiger partial charge in [-0.3, -0.25) is 4.79 Å². The molecule has 3 heteroatoms. The molecule has 2 N–H and O–H groups in total. The first kappa shape index (κ1) is 8.72. The number of hydrogen-bond acceptors (Lipinski definition) is 2. The van der Waals surface area contributed by atoms with E-state index in [1.165, 1.54) is 19.3 Å². The molecule has 2 bridgehead atoms. The first-order chi connectivity index (χ1) is 6.68. The lowest BCUT2D eigenvalue weighted by Crippen LogP contribution is -2.28. The van der Waals surface area contributed by atoms with E-state index >= 15 is 0 Å². The van der Waals surface area contributed by atoms with Gasteiger partial charge in [-0.05, 0) is 49.4 Å². The van der Waals surface area contributed by atoms with Crippen LogP contribution in [0.15, 0.2) is 0 Å². The van der Waals surface area contributed by atoms with Crippen molar-refractivity contribution in [3.63, 3.8) is 0 Å². The molecule has 3 aliphatic carbocycles. The van der Waals surface area contributed by atoms with Crippen LogP contribution in [0.25, 0.3) is 0 Å². The first-order valence-electron chi connectivity index (χ1n) is 5.59. The van der Waals surface area contributed by atoms with E-state index in [-0.39, 0.29) is 12.0 Å². The highest BCUT2D eigenvalue weighted by atomic mass is 16.4. The largest absolute Gasteiger partial charge is 0.481 e. The molecule has 0 saturated heterocycles. The Balaban J connectivity index is 1.91. The summed E-state index contributed by atoms with van der Waals surface area (Å²) in [6.45, 7) is 0. The zero-order valence-electron chi connectivity index (χ0n) is 8.10. The molecule has 3 aliphatic rings. The molecule has 0 amide bonds. The summed E-state index contributed by atoms with van der Waals surface area (Å²) in [5, 5.41) is 19.0. The molecule has 3 fully saturated rings. The molecule has 6 unspecified atom stereocenters. The molecule has 0 aromatic carbocycles. The Hall–Kier alpha value is -0.570. The smallest absolute Gasteiger partial charge is 0.306 e. The fourth-order valence-electron chi connectivity index (χ4n) is 4.39. The number of aliphatic carboxylic acids is 1. The average Bonchev–Trinajstić information content (AvgIpc) is 2.75. The first-order valence-corrected chi connectivity index (χ1v) is 5.59. The molecule has 0 aromatic heterocycles. The van der Waals surface area contributed by atoms with E-state index in [1.807, 2.05) is 0 Å². The zero-order valence-corrected chi connectivity index (χ0v) is 8.10. The third-order valence-electron chi connectivity index (χ3n) is 4.77. The zero-order chi connectivity index (χ0) is 9.87. The van der Waals surface area contributed by atoms with Gasteiger partial charge in [0.2, 0.25) is 0 Å². The van der Waals surface area contributed by atoms with E-state index in [2.05, 4.69) is 0 Å². The van der Waals surface area contributed by atoms with Crippen LogP contribution in [0.4, 0.5) is 0 Å². The maximum Gasteiger partial charge on any atom is 0.306 e. The number of carboxylic acid groups (broad SMARTS) is 1. The van der Waals surface area contributed by atoms with Crippen LogP contribution < -0.4 is 0 Å². The van der Waals surface area contributed by atoms with Gasteiger partial charge in [0.15, 0.2) is 0 Å². The van der Waals surface area contributed by atoms with Gasteiger partial charge in [-0.25, -0.2) is 0 Å². The Morgan fingerprint density at radius 3 is 2.36 bits per heavy atom. The SMILES string of the molecule is O=C(O)C1CC(O)C2C3CCC(C3)C12. The van der Waals surface area contributed by atoms with Crippen LogP contribution in [0, 0.1) is 29.6 Å². The van der Waals surface area contributed by atoms with E-state index in [4.69, 9.17) is 5.11 Å². The summed E-state index contributed by atoms with van der Waals surface area (Å²) < 4.78 is 0. The molecule has 0 spiro atoms. The van der Waals surface area contributed by atoms with E-state index in [1.54, 1.807) is 0 Å². The quantitative estimate of drug-likeness (QED) is 0.660. The number of carbonyl (C=O) groups is 1. The molecule has 3 nitrogen and oxygen atoms in total. The molecular weight excluding hydrogens is 180 g/mol. The fourth-order valence-corrected chi connectivity index (χ4v) is 4.39. The van der Waals surface area contributed by atoms with Gasteiger partial charge in [0, 0.05) is 0 Å². The van der Waals surface area contributed by atoms with Crippen molar-refractivity contribution in [2.45, 2.75) is 31.8 Å². The minimum absolute atomic E-state index is 0.259. The van der Waals surface area contributed by atoms with Crippen molar-refractivity contribution in [1.82, 2.24) is 0 Å². The maximum absolute atomic E-state index is 11.1. The highest BCUT2D eigenvalue weighted by molar-refractivity contribution is 5.71. The molecule has 0 radical (unpaired) electrons. The Morgan fingerprint density at radius 2 is 1.71 bits per heavy atom. The van der Waals surface area contributed by atoms with Crippen molar-refractivity contribution < 1.29 is 15.0 Å². The van der Waals surface area contributed by atoms with Crippen LogP contribution in [0.3, 0.4) is 0 Å². The molecule has 3 saturated carbocycles. The number of hydrogen-bond donors (Lipinski definition) is 2. The van der Waals surface area contributed by atoms with Gasteiger partial charge < -0.3 is 10.2 Å². The van der Waals surface area contributed by atoms with Crippen molar-refractivity contribution >= 4 is 5.97 Å². The molecule has 0 heterocycles. The van der Waals surface area contributed by atoms with Crippen LogP contribution in [-0.4, -0.2) is 22.3 Å². The Bertz CT molecular complexity index is 276. The Labute approximate surface area is 83.1 Å². The summed E-state index contributed by atoms with van der Waals surface area (Å²) in [6.07, 6.45) is 3.75. The summed E-state index contributed by atoms with van der Waals surface area (Å²) in [6, 6.07) is 0. The van der Waals surface area contributed by atoms with E-state index in [0.29, 0.717) is 30.1 Å². The third kappa shape index (κ3) is 0.937.